The number of carbonyl (C=O) groups excluding carboxylic acids is 1. The van der Waals surface area contributed by atoms with E-state index in [9.17, 15) is 4.79 Å². The molecule has 0 aliphatic rings. The Balaban J connectivity index is 1.64. The maximum absolute atomic E-state index is 12.2. The predicted octanol–water partition coefficient (Wildman–Crippen LogP) is 4.15. The summed E-state index contributed by atoms with van der Waals surface area (Å²) in [6.45, 7) is 0. The minimum Gasteiger partial charge on any atom is -0.495 e. The number of anilines is 1. The van der Waals surface area contributed by atoms with Crippen molar-refractivity contribution in [2.24, 2.45) is 0 Å². The minimum absolute atomic E-state index is 0.0727. The molecule has 1 N–H and O–H groups in total. The van der Waals surface area contributed by atoms with Gasteiger partial charge in [0.2, 0.25) is 11.8 Å². The van der Waals surface area contributed by atoms with Gasteiger partial charge in [0.25, 0.3) is 5.22 Å². The van der Waals surface area contributed by atoms with E-state index in [1.807, 2.05) is 0 Å². The maximum atomic E-state index is 12.2. The van der Waals surface area contributed by atoms with Crippen molar-refractivity contribution in [1.29, 1.82) is 0 Å². The largest absolute Gasteiger partial charge is 0.495 e. The van der Waals surface area contributed by atoms with Crippen molar-refractivity contribution in [2.45, 2.75) is 5.22 Å². The van der Waals surface area contributed by atoms with Gasteiger partial charge in [0.15, 0.2) is 11.5 Å². The van der Waals surface area contributed by atoms with E-state index in [4.69, 9.17) is 30.2 Å². The van der Waals surface area contributed by atoms with Crippen molar-refractivity contribution in [3.63, 3.8) is 0 Å². The van der Waals surface area contributed by atoms with Crippen LogP contribution in [0.3, 0.4) is 0 Å². The fraction of sp³-hybridized carbons (Fsp3) is 0.211. The fourth-order valence-corrected chi connectivity index (χ4v) is 3.18. The van der Waals surface area contributed by atoms with Crippen molar-refractivity contribution < 1.29 is 23.4 Å². The number of ether oxygens (including phenoxy) is 3. The second-order valence-corrected chi connectivity index (χ2v) is 6.99. The Morgan fingerprint density at radius 1 is 1.03 bits per heavy atom. The maximum Gasteiger partial charge on any atom is 0.277 e. The first-order chi connectivity index (χ1) is 14.0. The highest BCUT2D eigenvalue weighted by Gasteiger charge is 2.15. The smallest absolute Gasteiger partial charge is 0.277 e. The number of methoxy groups -OCH3 is 3. The molecule has 0 radical (unpaired) electrons. The summed E-state index contributed by atoms with van der Waals surface area (Å²) in [5, 5.41) is 11.5. The summed E-state index contributed by atoms with van der Waals surface area (Å²) in [5.74, 6) is 1.78. The molecule has 1 heterocycles. The van der Waals surface area contributed by atoms with Gasteiger partial charge in [-0.2, -0.15) is 0 Å². The lowest BCUT2D eigenvalue weighted by atomic mass is 10.2. The zero-order chi connectivity index (χ0) is 20.8. The van der Waals surface area contributed by atoms with Crippen molar-refractivity contribution >= 4 is 35.0 Å². The molecular weight excluding hydrogens is 418 g/mol. The van der Waals surface area contributed by atoms with Gasteiger partial charge >= 0.3 is 0 Å². The first kappa shape index (κ1) is 20.8. The molecule has 1 aromatic heterocycles. The summed E-state index contributed by atoms with van der Waals surface area (Å²) < 4.78 is 21.3. The summed E-state index contributed by atoms with van der Waals surface area (Å²) >= 11 is 7.09. The highest BCUT2D eigenvalue weighted by molar-refractivity contribution is 7.99. The van der Waals surface area contributed by atoms with Crippen molar-refractivity contribution in [3.8, 4) is 28.7 Å². The van der Waals surface area contributed by atoms with Gasteiger partial charge < -0.3 is 23.9 Å². The average molecular weight is 436 g/mol. The second-order valence-electron chi connectivity index (χ2n) is 5.62. The third kappa shape index (κ3) is 5.12. The van der Waals surface area contributed by atoms with Crippen molar-refractivity contribution in [2.75, 3.05) is 32.4 Å². The van der Waals surface area contributed by atoms with E-state index in [2.05, 4.69) is 15.5 Å². The van der Waals surface area contributed by atoms with Gasteiger partial charge in [-0.15, -0.1) is 10.2 Å². The van der Waals surface area contributed by atoms with Crippen LogP contribution in [0.2, 0.25) is 5.02 Å². The molecule has 0 atom stereocenters. The molecule has 10 heteroatoms. The zero-order valence-corrected chi connectivity index (χ0v) is 17.5. The van der Waals surface area contributed by atoms with E-state index in [0.717, 1.165) is 11.8 Å². The monoisotopic (exact) mass is 435 g/mol. The van der Waals surface area contributed by atoms with Crippen LogP contribution in [0.1, 0.15) is 0 Å². The average Bonchev–Trinajstić information content (AvgIpc) is 3.21. The molecular formula is C19H18ClN3O5S. The molecule has 2 aromatic carbocycles. The number of rotatable bonds is 8. The normalized spacial score (nSPS) is 10.5. The highest BCUT2D eigenvalue weighted by Crippen LogP contribution is 2.33. The lowest BCUT2D eigenvalue weighted by Gasteiger charge is -2.09. The van der Waals surface area contributed by atoms with Gasteiger partial charge in [-0.3, -0.25) is 4.79 Å². The summed E-state index contributed by atoms with van der Waals surface area (Å²) in [6, 6.07) is 10.2. The number of nitrogens with zero attached hydrogens (tertiary/aromatic N) is 2. The van der Waals surface area contributed by atoms with E-state index in [1.54, 1.807) is 50.6 Å². The van der Waals surface area contributed by atoms with Crippen LogP contribution in [0.5, 0.6) is 17.2 Å². The first-order valence-electron chi connectivity index (χ1n) is 8.36. The molecule has 0 spiro atoms. The number of hydrogen-bond donors (Lipinski definition) is 1. The Hall–Kier alpha value is -2.91. The SMILES string of the molecule is COc1ccc(Cl)cc1NC(=O)CSc1nnc(-c2ccc(OC)c(OC)c2)o1. The van der Waals surface area contributed by atoms with Gasteiger partial charge in [-0.25, -0.2) is 0 Å². The summed E-state index contributed by atoms with van der Waals surface area (Å²) in [5.41, 5.74) is 1.16. The Labute approximate surface area is 176 Å². The molecule has 0 saturated carbocycles. The number of halogens is 1. The third-order valence-electron chi connectivity index (χ3n) is 3.80. The Bertz CT molecular complexity index is 1010. The molecule has 0 unspecified atom stereocenters. The molecule has 0 bridgehead atoms. The molecule has 1 amide bonds. The van der Waals surface area contributed by atoms with Gasteiger partial charge in [0, 0.05) is 10.6 Å². The van der Waals surface area contributed by atoms with E-state index >= 15 is 0 Å². The molecule has 8 nitrogen and oxygen atoms in total. The molecule has 0 aliphatic carbocycles. The van der Waals surface area contributed by atoms with Crippen LogP contribution in [0.25, 0.3) is 11.5 Å². The van der Waals surface area contributed by atoms with Crippen LogP contribution in [0, 0.1) is 0 Å². The summed E-state index contributed by atoms with van der Waals surface area (Å²) in [7, 11) is 4.62. The van der Waals surface area contributed by atoms with E-state index < -0.39 is 0 Å². The summed E-state index contributed by atoms with van der Waals surface area (Å²) in [4.78, 5) is 12.2. The molecule has 0 fully saturated rings. The lowest BCUT2D eigenvalue weighted by molar-refractivity contribution is -0.113. The Kier molecular flexibility index (Phi) is 6.84. The topological polar surface area (TPSA) is 95.7 Å². The molecule has 0 saturated heterocycles. The molecule has 152 valence electrons. The van der Waals surface area contributed by atoms with Crippen LogP contribution in [0.4, 0.5) is 5.69 Å². The fourth-order valence-electron chi connectivity index (χ4n) is 2.45. The molecule has 0 aliphatic heterocycles. The van der Waals surface area contributed by atoms with Crippen molar-refractivity contribution in [1.82, 2.24) is 10.2 Å². The number of thioether (sulfide) groups is 1. The molecule has 3 rings (SSSR count). The minimum atomic E-state index is -0.263. The molecule has 3 aromatic rings. The van der Waals surface area contributed by atoms with Crippen molar-refractivity contribution in [3.05, 3.63) is 41.4 Å². The number of nitrogens with one attached hydrogen (secondary N) is 1. The summed E-state index contributed by atoms with van der Waals surface area (Å²) in [6.07, 6.45) is 0. The Morgan fingerprint density at radius 2 is 1.76 bits per heavy atom. The lowest BCUT2D eigenvalue weighted by Crippen LogP contribution is -2.14. The number of amides is 1. The standard InChI is InChI=1S/C19H18ClN3O5S/c1-25-14-7-5-12(20)9-13(14)21-17(24)10-29-19-23-22-18(28-19)11-4-6-15(26-2)16(8-11)27-3/h4-9H,10H2,1-3H3,(H,21,24). The zero-order valence-electron chi connectivity index (χ0n) is 15.9. The first-order valence-corrected chi connectivity index (χ1v) is 9.72. The highest BCUT2D eigenvalue weighted by atomic mass is 35.5. The van der Waals surface area contributed by atoms with Gasteiger partial charge in [0.05, 0.1) is 32.8 Å². The third-order valence-corrected chi connectivity index (χ3v) is 4.85. The number of carbonyl (C=O) groups is 1. The van der Waals surface area contributed by atoms with Crippen LogP contribution < -0.4 is 19.5 Å². The van der Waals surface area contributed by atoms with E-state index in [0.29, 0.717) is 39.4 Å². The number of aromatic nitrogens is 2. The number of benzene rings is 2. The van der Waals surface area contributed by atoms with Crippen LogP contribution in [-0.4, -0.2) is 43.2 Å². The van der Waals surface area contributed by atoms with Gasteiger partial charge in [-0.1, -0.05) is 23.4 Å². The number of hydrogen-bond acceptors (Lipinski definition) is 8. The van der Waals surface area contributed by atoms with E-state index in [-0.39, 0.29) is 16.9 Å². The van der Waals surface area contributed by atoms with Crippen LogP contribution in [0.15, 0.2) is 46.0 Å². The second kappa shape index (κ2) is 9.53. The van der Waals surface area contributed by atoms with Crippen LogP contribution in [-0.2, 0) is 4.79 Å². The van der Waals surface area contributed by atoms with Crippen LogP contribution >= 0.6 is 23.4 Å². The van der Waals surface area contributed by atoms with E-state index in [1.165, 1.54) is 7.11 Å². The predicted molar refractivity (Wildman–Crippen MR) is 110 cm³/mol. The quantitative estimate of drug-likeness (QED) is 0.527. The molecule has 29 heavy (non-hydrogen) atoms. The Morgan fingerprint density at radius 3 is 2.48 bits per heavy atom. The van der Waals surface area contributed by atoms with Gasteiger partial charge in [0.1, 0.15) is 5.75 Å². The van der Waals surface area contributed by atoms with Gasteiger partial charge in [-0.05, 0) is 36.4 Å².